The maximum Gasteiger partial charge on any atom is 0.0997 e. The number of nitriles is 1. The number of hydrogen-bond donors (Lipinski definition) is 1. The molecule has 0 spiro atoms. The van der Waals surface area contributed by atoms with Crippen LogP contribution in [0.15, 0.2) is 48.5 Å². The predicted molar refractivity (Wildman–Crippen MR) is 78.3 cm³/mol. The van der Waals surface area contributed by atoms with E-state index in [1.807, 2.05) is 36.4 Å². The molecule has 1 aliphatic rings. The van der Waals surface area contributed by atoms with Crippen molar-refractivity contribution in [1.82, 2.24) is 0 Å². The second kappa shape index (κ2) is 4.94. The molecular weight excluding hydrogens is 270 g/mol. The van der Waals surface area contributed by atoms with E-state index < -0.39 is 11.5 Å². The predicted octanol–water partition coefficient (Wildman–Crippen LogP) is 3.68. The van der Waals surface area contributed by atoms with Crippen LogP contribution in [0.4, 0.5) is 0 Å². The van der Waals surface area contributed by atoms with Gasteiger partial charge in [0.1, 0.15) is 0 Å². The van der Waals surface area contributed by atoms with E-state index in [9.17, 15) is 10.4 Å². The van der Waals surface area contributed by atoms with E-state index in [2.05, 4.69) is 6.07 Å². The lowest BCUT2D eigenvalue weighted by molar-refractivity contribution is 0.0694. The zero-order valence-corrected chi connectivity index (χ0v) is 11.6. The van der Waals surface area contributed by atoms with Gasteiger partial charge in [-0.15, -0.1) is 0 Å². The van der Waals surface area contributed by atoms with Gasteiger partial charge in [0.25, 0.3) is 0 Å². The average molecular weight is 284 g/mol. The van der Waals surface area contributed by atoms with Crippen molar-refractivity contribution in [2.24, 2.45) is 5.41 Å². The summed E-state index contributed by atoms with van der Waals surface area (Å²) < 4.78 is 0. The fraction of sp³-hybridized carbons (Fsp3) is 0.235. The second-order valence-corrected chi connectivity index (χ2v) is 5.72. The van der Waals surface area contributed by atoms with Crippen molar-refractivity contribution in [2.45, 2.75) is 18.9 Å². The van der Waals surface area contributed by atoms with Crippen molar-refractivity contribution >= 4 is 11.6 Å². The van der Waals surface area contributed by atoms with E-state index in [-0.39, 0.29) is 0 Å². The third-order valence-corrected chi connectivity index (χ3v) is 4.42. The fourth-order valence-electron chi connectivity index (χ4n) is 2.97. The SMILES string of the molecule is N#CC1(C(O)c2ccccc2Cl)Cc2ccccc2C1. The van der Waals surface area contributed by atoms with Crippen LogP contribution in [-0.4, -0.2) is 5.11 Å². The molecule has 2 aromatic carbocycles. The number of halogens is 1. The Balaban J connectivity index is 2.01. The van der Waals surface area contributed by atoms with E-state index in [1.165, 1.54) is 0 Å². The minimum atomic E-state index is -0.881. The van der Waals surface area contributed by atoms with Gasteiger partial charge in [-0.3, -0.25) is 0 Å². The fourth-order valence-corrected chi connectivity index (χ4v) is 3.21. The van der Waals surface area contributed by atoms with Crippen LogP contribution >= 0.6 is 11.6 Å². The molecule has 0 radical (unpaired) electrons. The zero-order chi connectivity index (χ0) is 14.2. The smallest absolute Gasteiger partial charge is 0.0997 e. The van der Waals surface area contributed by atoms with Crippen LogP contribution in [0, 0.1) is 16.7 Å². The minimum absolute atomic E-state index is 0.505. The lowest BCUT2D eigenvalue weighted by Gasteiger charge is -2.27. The topological polar surface area (TPSA) is 44.0 Å². The molecule has 1 atom stereocenters. The van der Waals surface area contributed by atoms with E-state index in [4.69, 9.17) is 11.6 Å². The molecule has 0 amide bonds. The number of benzene rings is 2. The molecular formula is C17H14ClNO. The molecule has 0 aromatic heterocycles. The van der Waals surface area contributed by atoms with Gasteiger partial charge in [-0.25, -0.2) is 0 Å². The Labute approximate surface area is 123 Å². The highest BCUT2D eigenvalue weighted by Gasteiger charge is 2.44. The number of fused-ring (bicyclic) bond motifs is 1. The third-order valence-electron chi connectivity index (χ3n) is 4.08. The van der Waals surface area contributed by atoms with Crippen LogP contribution in [0.25, 0.3) is 0 Å². The van der Waals surface area contributed by atoms with Gasteiger partial charge in [0, 0.05) is 10.6 Å². The highest BCUT2D eigenvalue weighted by Crippen LogP contribution is 2.46. The Kier molecular flexibility index (Phi) is 3.25. The highest BCUT2D eigenvalue weighted by molar-refractivity contribution is 6.31. The largest absolute Gasteiger partial charge is 0.387 e. The summed E-state index contributed by atoms with van der Waals surface area (Å²) in [6, 6.07) is 17.5. The summed E-state index contributed by atoms with van der Waals surface area (Å²) in [5.41, 5.74) is 2.08. The molecule has 0 saturated heterocycles. The summed E-state index contributed by atoms with van der Waals surface area (Å²) in [7, 11) is 0. The van der Waals surface area contributed by atoms with Crippen LogP contribution in [-0.2, 0) is 12.8 Å². The summed E-state index contributed by atoms with van der Waals surface area (Å²) in [6.07, 6.45) is 0.242. The van der Waals surface area contributed by atoms with Gasteiger partial charge in [0.15, 0.2) is 0 Å². The molecule has 3 rings (SSSR count). The number of nitrogens with zero attached hydrogens (tertiary/aromatic N) is 1. The number of aliphatic hydroxyl groups is 1. The van der Waals surface area contributed by atoms with Gasteiger partial charge >= 0.3 is 0 Å². The molecule has 0 heterocycles. The normalized spacial score (nSPS) is 17.2. The molecule has 0 aliphatic heterocycles. The molecule has 2 nitrogen and oxygen atoms in total. The first-order valence-electron chi connectivity index (χ1n) is 6.57. The Morgan fingerprint density at radius 2 is 1.60 bits per heavy atom. The van der Waals surface area contributed by atoms with Crippen molar-refractivity contribution in [3.8, 4) is 6.07 Å². The van der Waals surface area contributed by atoms with Gasteiger partial charge in [-0.05, 0) is 30.0 Å². The minimum Gasteiger partial charge on any atom is -0.387 e. The monoisotopic (exact) mass is 283 g/mol. The summed E-state index contributed by atoms with van der Waals surface area (Å²) in [5.74, 6) is 0. The summed E-state index contributed by atoms with van der Waals surface area (Å²) in [5, 5.41) is 20.9. The molecule has 0 fully saturated rings. The van der Waals surface area contributed by atoms with Crippen LogP contribution in [0.1, 0.15) is 22.8 Å². The lowest BCUT2D eigenvalue weighted by atomic mass is 9.77. The van der Waals surface area contributed by atoms with Crippen molar-refractivity contribution < 1.29 is 5.11 Å². The average Bonchev–Trinajstić information content (AvgIpc) is 2.87. The Morgan fingerprint density at radius 3 is 2.15 bits per heavy atom. The van der Waals surface area contributed by atoms with Gasteiger partial charge in [0.05, 0.1) is 17.6 Å². The standard InChI is InChI=1S/C17H14ClNO/c18-15-8-4-3-7-14(15)16(20)17(11-19)9-12-5-1-2-6-13(12)10-17/h1-8,16,20H,9-10H2. The maximum absolute atomic E-state index is 10.7. The lowest BCUT2D eigenvalue weighted by Crippen LogP contribution is -2.28. The van der Waals surface area contributed by atoms with Crippen LogP contribution in [0.5, 0.6) is 0 Å². The Bertz CT molecular complexity index is 664. The van der Waals surface area contributed by atoms with Gasteiger partial charge < -0.3 is 5.11 Å². The van der Waals surface area contributed by atoms with Crippen molar-refractivity contribution in [3.05, 3.63) is 70.2 Å². The third kappa shape index (κ3) is 2.00. The van der Waals surface area contributed by atoms with Crippen LogP contribution in [0.2, 0.25) is 5.02 Å². The number of hydrogen-bond acceptors (Lipinski definition) is 2. The quantitative estimate of drug-likeness (QED) is 0.914. The highest BCUT2D eigenvalue weighted by atomic mass is 35.5. The first-order chi connectivity index (χ1) is 9.66. The molecule has 3 heteroatoms. The zero-order valence-electron chi connectivity index (χ0n) is 10.9. The maximum atomic E-state index is 10.7. The Morgan fingerprint density at radius 1 is 1.05 bits per heavy atom. The van der Waals surface area contributed by atoms with Crippen molar-refractivity contribution in [1.29, 1.82) is 5.26 Å². The number of rotatable bonds is 2. The first kappa shape index (κ1) is 13.2. The number of aliphatic hydroxyl groups excluding tert-OH is 1. The van der Waals surface area contributed by atoms with E-state index in [1.54, 1.807) is 12.1 Å². The first-order valence-corrected chi connectivity index (χ1v) is 6.95. The molecule has 1 N–H and O–H groups in total. The van der Waals surface area contributed by atoms with E-state index >= 15 is 0 Å². The second-order valence-electron chi connectivity index (χ2n) is 5.31. The van der Waals surface area contributed by atoms with Gasteiger partial charge in [-0.2, -0.15) is 5.26 Å². The summed E-state index contributed by atoms with van der Waals surface area (Å²) >= 11 is 6.16. The van der Waals surface area contributed by atoms with Crippen molar-refractivity contribution in [3.63, 3.8) is 0 Å². The van der Waals surface area contributed by atoms with Gasteiger partial charge in [-0.1, -0.05) is 54.1 Å². The van der Waals surface area contributed by atoms with Gasteiger partial charge in [0.2, 0.25) is 0 Å². The molecule has 0 bridgehead atoms. The molecule has 20 heavy (non-hydrogen) atoms. The van der Waals surface area contributed by atoms with Crippen molar-refractivity contribution in [2.75, 3.05) is 0 Å². The van der Waals surface area contributed by atoms with Crippen LogP contribution < -0.4 is 0 Å². The molecule has 2 aromatic rings. The van der Waals surface area contributed by atoms with Crippen LogP contribution in [0.3, 0.4) is 0 Å². The molecule has 1 unspecified atom stereocenters. The summed E-state index contributed by atoms with van der Waals surface area (Å²) in [6.45, 7) is 0. The molecule has 100 valence electrons. The molecule has 1 aliphatic carbocycles. The molecule has 0 saturated carbocycles. The Hall–Kier alpha value is -1.82. The summed E-state index contributed by atoms with van der Waals surface area (Å²) in [4.78, 5) is 0. The van der Waals surface area contributed by atoms with E-state index in [0.29, 0.717) is 23.4 Å². The van der Waals surface area contributed by atoms with E-state index in [0.717, 1.165) is 11.1 Å².